The lowest BCUT2D eigenvalue weighted by molar-refractivity contribution is 1.07. The lowest BCUT2D eigenvalue weighted by Gasteiger charge is -2.15. The first-order valence-corrected chi connectivity index (χ1v) is 27.6. The summed E-state index contributed by atoms with van der Waals surface area (Å²) in [4.78, 5) is 15.2. The number of nitrogens with zero attached hydrogens (tertiary/aromatic N) is 6. The van der Waals surface area contributed by atoms with Crippen molar-refractivity contribution in [1.82, 2.24) is 28.7 Å². The van der Waals surface area contributed by atoms with Gasteiger partial charge in [-0.15, -0.1) is 0 Å². The van der Waals surface area contributed by atoms with Gasteiger partial charge in [-0.1, -0.05) is 188 Å². The average molecular weight is 1030 g/mol. The van der Waals surface area contributed by atoms with Crippen molar-refractivity contribution in [3.63, 3.8) is 0 Å². The number of hydrogen-bond acceptors (Lipinski definition) is 3. The van der Waals surface area contributed by atoms with E-state index < -0.39 is 0 Å². The molecule has 17 rings (SSSR count). The molecule has 6 nitrogen and oxygen atoms in total. The normalized spacial score (nSPS) is 12.0. The van der Waals surface area contributed by atoms with Gasteiger partial charge in [0.15, 0.2) is 17.5 Å². The maximum absolute atomic E-state index is 5.09. The fraction of sp³-hybridized carbons (Fsp3) is 0. The molecule has 0 atom stereocenters. The summed E-state index contributed by atoms with van der Waals surface area (Å²) in [5.74, 6) is 1.93. The summed E-state index contributed by atoms with van der Waals surface area (Å²) in [7, 11) is 0. The molecule has 376 valence electrons. The van der Waals surface area contributed by atoms with E-state index in [-0.39, 0.29) is 0 Å². The van der Waals surface area contributed by atoms with Crippen LogP contribution >= 0.6 is 0 Å². The average Bonchev–Trinajstić information content (AvgIpc) is 4.08. The van der Waals surface area contributed by atoms with E-state index in [9.17, 15) is 0 Å². The maximum atomic E-state index is 5.09. The number of fused-ring (bicyclic) bond motifs is 15. The number of rotatable bonds is 7. The molecule has 0 amide bonds. The third-order valence-electron chi connectivity index (χ3n) is 16.6. The Hall–Kier alpha value is -11.0. The highest BCUT2D eigenvalue weighted by Gasteiger charge is 2.21. The highest BCUT2D eigenvalue weighted by Crippen LogP contribution is 2.43. The minimum atomic E-state index is 0.639. The highest BCUT2D eigenvalue weighted by molar-refractivity contribution is 6.26. The Labute approximate surface area is 465 Å². The van der Waals surface area contributed by atoms with Gasteiger partial charge in [0.25, 0.3) is 0 Å². The van der Waals surface area contributed by atoms with Crippen LogP contribution in [0.4, 0.5) is 0 Å². The second-order valence-electron chi connectivity index (χ2n) is 21.1. The van der Waals surface area contributed by atoms with Gasteiger partial charge >= 0.3 is 0 Å². The first-order valence-electron chi connectivity index (χ1n) is 27.6. The number of aromatic nitrogens is 6. The third kappa shape index (κ3) is 7.04. The third-order valence-corrected chi connectivity index (χ3v) is 16.6. The minimum Gasteiger partial charge on any atom is -0.309 e. The summed E-state index contributed by atoms with van der Waals surface area (Å²) in [6.45, 7) is 0. The van der Waals surface area contributed by atoms with Crippen LogP contribution in [-0.2, 0) is 0 Å². The van der Waals surface area contributed by atoms with Gasteiger partial charge in [0.2, 0.25) is 0 Å². The Morgan fingerprint density at radius 1 is 0.173 bits per heavy atom. The van der Waals surface area contributed by atoms with Crippen molar-refractivity contribution in [2.75, 3.05) is 0 Å². The zero-order chi connectivity index (χ0) is 53.1. The fourth-order valence-electron chi connectivity index (χ4n) is 13.0. The van der Waals surface area contributed by atoms with Crippen LogP contribution in [0.25, 0.3) is 160 Å². The zero-order valence-electron chi connectivity index (χ0n) is 43.7. The number of benzene rings is 13. The molecule has 0 saturated heterocycles. The lowest BCUT2D eigenvalue weighted by Crippen LogP contribution is -2.00. The van der Waals surface area contributed by atoms with Gasteiger partial charge in [-0.05, 0) is 134 Å². The van der Waals surface area contributed by atoms with Crippen molar-refractivity contribution in [3.8, 4) is 62.4 Å². The van der Waals surface area contributed by atoms with Crippen molar-refractivity contribution in [2.24, 2.45) is 0 Å². The molecule has 81 heavy (non-hydrogen) atoms. The van der Waals surface area contributed by atoms with E-state index in [2.05, 4.69) is 256 Å². The lowest BCUT2D eigenvalue weighted by atomic mass is 9.93. The van der Waals surface area contributed by atoms with Gasteiger partial charge < -0.3 is 13.7 Å². The van der Waals surface area contributed by atoms with E-state index in [1.807, 2.05) is 36.4 Å². The van der Waals surface area contributed by atoms with Crippen molar-refractivity contribution >= 4 is 97.7 Å². The Morgan fingerprint density at radius 3 is 1.01 bits per heavy atom. The molecule has 0 saturated carbocycles. The maximum Gasteiger partial charge on any atom is 0.164 e. The second kappa shape index (κ2) is 17.8. The number of para-hydroxylation sites is 4. The second-order valence-corrected chi connectivity index (χ2v) is 21.1. The van der Waals surface area contributed by atoms with Crippen LogP contribution in [0.3, 0.4) is 0 Å². The predicted octanol–water partition coefficient (Wildman–Crippen LogP) is 19.3. The molecule has 0 bridgehead atoms. The van der Waals surface area contributed by atoms with Gasteiger partial charge in [-0.3, -0.25) is 0 Å². The molecule has 0 aliphatic heterocycles. The molecule has 0 radical (unpaired) electrons. The minimum absolute atomic E-state index is 0.639. The van der Waals surface area contributed by atoms with Gasteiger partial charge in [-0.25, -0.2) is 15.0 Å². The molecule has 0 aliphatic rings. The van der Waals surface area contributed by atoms with Crippen LogP contribution in [0.2, 0.25) is 0 Å². The Balaban J connectivity index is 0.802. The summed E-state index contributed by atoms with van der Waals surface area (Å²) >= 11 is 0. The molecule has 4 heterocycles. The van der Waals surface area contributed by atoms with E-state index >= 15 is 0 Å². The standard InChI is InChI=1S/C75H46N6/c1-4-18-47(19-5-1)73-76-74(48-20-6-2-7-21-48)78-75(77-73)51-32-37-57-58-38-35-53(45-63(58)56-25-11-10-24-55(56)62(57)44-51)81-69-31-17-14-28-61(69)64-42-49(33-39-70(64)81)50-34-40-71-65(43-50)66-46-54(36-41-72(66)79(71)52-22-8-3-9-23-52)80-67-29-15-12-26-59(67)60-27-13-16-30-68(60)80/h1-46H. The molecular formula is C75H46N6. The monoisotopic (exact) mass is 1030 g/mol. The topological polar surface area (TPSA) is 53.5 Å². The van der Waals surface area contributed by atoms with E-state index in [1.54, 1.807) is 0 Å². The zero-order valence-corrected chi connectivity index (χ0v) is 43.7. The van der Waals surface area contributed by atoms with Crippen molar-refractivity contribution in [2.45, 2.75) is 0 Å². The quantitative estimate of drug-likeness (QED) is 0.150. The fourth-order valence-corrected chi connectivity index (χ4v) is 13.0. The molecule has 13 aromatic carbocycles. The van der Waals surface area contributed by atoms with Crippen LogP contribution in [0.5, 0.6) is 0 Å². The first-order chi connectivity index (χ1) is 40.2. The Bertz CT molecular complexity index is 5270. The molecule has 0 spiro atoms. The van der Waals surface area contributed by atoms with Crippen LogP contribution in [-0.4, -0.2) is 28.7 Å². The van der Waals surface area contributed by atoms with Crippen molar-refractivity contribution in [3.05, 3.63) is 279 Å². The highest BCUT2D eigenvalue weighted by atomic mass is 15.0. The Morgan fingerprint density at radius 2 is 0.481 bits per heavy atom. The predicted molar refractivity (Wildman–Crippen MR) is 337 cm³/mol. The molecule has 0 fully saturated rings. The van der Waals surface area contributed by atoms with Crippen LogP contribution in [0.1, 0.15) is 0 Å². The van der Waals surface area contributed by atoms with Crippen LogP contribution in [0.15, 0.2) is 279 Å². The summed E-state index contributed by atoms with van der Waals surface area (Å²) in [5, 5.41) is 14.5. The van der Waals surface area contributed by atoms with Crippen molar-refractivity contribution < 1.29 is 0 Å². The summed E-state index contributed by atoms with van der Waals surface area (Å²) in [6.07, 6.45) is 0. The van der Waals surface area contributed by atoms with Gasteiger partial charge in [0, 0.05) is 66.1 Å². The van der Waals surface area contributed by atoms with Crippen LogP contribution < -0.4 is 0 Å². The molecular weight excluding hydrogens is 985 g/mol. The summed E-state index contributed by atoms with van der Waals surface area (Å²) in [5.41, 5.74) is 15.6. The molecule has 17 aromatic rings. The summed E-state index contributed by atoms with van der Waals surface area (Å²) < 4.78 is 7.27. The van der Waals surface area contributed by atoms with Gasteiger partial charge in [-0.2, -0.15) is 0 Å². The molecule has 6 heteroatoms. The van der Waals surface area contributed by atoms with E-state index in [4.69, 9.17) is 15.0 Å². The van der Waals surface area contributed by atoms with Crippen molar-refractivity contribution in [1.29, 1.82) is 0 Å². The van der Waals surface area contributed by atoms with Crippen LogP contribution in [0, 0.1) is 0 Å². The SMILES string of the molecule is c1ccc(-c2nc(-c3ccccc3)nc(-c3ccc4c5ccc(-n6c7ccccc7c7cc(-c8ccc9c(c8)c8cc(-n%10c%11ccccc%11c%11ccccc%11%10)ccc8n9-c8ccccc8)ccc76)cc5c5ccccc5c4c3)n2)cc1. The smallest absolute Gasteiger partial charge is 0.164 e. The largest absolute Gasteiger partial charge is 0.309 e. The summed E-state index contributed by atoms with van der Waals surface area (Å²) in [6, 6.07) is 101. The molecule has 4 aromatic heterocycles. The molecule has 0 unspecified atom stereocenters. The van der Waals surface area contributed by atoms with Gasteiger partial charge in [0.1, 0.15) is 0 Å². The molecule has 0 N–H and O–H groups in total. The van der Waals surface area contributed by atoms with E-state index in [1.165, 1.54) is 98.0 Å². The Kier molecular flexibility index (Phi) is 9.91. The van der Waals surface area contributed by atoms with Gasteiger partial charge in [0.05, 0.1) is 33.1 Å². The van der Waals surface area contributed by atoms with E-state index in [0.29, 0.717) is 17.5 Å². The van der Waals surface area contributed by atoms with E-state index in [0.717, 1.165) is 44.7 Å². The first kappa shape index (κ1) is 45.1. The molecule has 0 aliphatic carbocycles. The number of hydrogen-bond donors (Lipinski definition) is 0.